The van der Waals surface area contributed by atoms with Crippen molar-refractivity contribution in [2.75, 3.05) is 0 Å². The van der Waals surface area contributed by atoms with Crippen molar-refractivity contribution in [1.29, 1.82) is 0 Å². The lowest BCUT2D eigenvalue weighted by atomic mass is 9.99. The first-order valence-electron chi connectivity index (χ1n) is 7.20. The number of rotatable bonds is 5. The summed E-state index contributed by atoms with van der Waals surface area (Å²) >= 11 is 6.30. The van der Waals surface area contributed by atoms with Crippen molar-refractivity contribution >= 4 is 17.4 Å². The summed E-state index contributed by atoms with van der Waals surface area (Å²) in [5, 5.41) is 4.99. The molecule has 4 heteroatoms. The van der Waals surface area contributed by atoms with Crippen LogP contribution in [-0.2, 0) is 31.1 Å². The van der Waals surface area contributed by atoms with Crippen LogP contribution < -0.4 is 0 Å². The second kappa shape index (κ2) is 6.44. The fourth-order valence-electron chi connectivity index (χ4n) is 2.46. The van der Waals surface area contributed by atoms with Gasteiger partial charge >= 0.3 is 0 Å². The third kappa shape index (κ3) is 3.53. The molecule has 0 atom stereocenters. The zero-order valence-corrected chi connectivity index (χ0v) is 13.8. The van der Waals surface area contributed by atoms with Gasteiger partial charge < -0.3 is 0 Å². The van der Waals surface area contributed by atoms with E-state index in [2.05, 4.69) is 23.3 Å². The molecule has 0 radical (unpaired) electrons. The lowest BCUT2D eigenvalue weighted by Crippen LogP contribution is -2.11. The molecule has 3 nitrogen and oxygen atoms in total. The number of Topliss-reactive ketones (excluding diaryl/α,β-unsaturated/α-hetero) is 1. The van der Waals surface area contributed by atoms with Crippen LogP contribution in [-0.4, -0.2) is 15.6 Å². The Morgan fingerprint density at radius 3 is 2.62 bits per heavy atom. The molecule has 0 aliphatic carbocycles. The van der Waals surface area contributed by atoms with E-state index in [1.54, 1.807) is 4.68 Å². The highest BCUT2D eigenvalue weighted by Crippen LogP contribution is 2.22. The highest BCUT2D eigenvalue weighted by molar-refractivity contribution is 6.32. The molecule has 0 saturated heterocycles. The van der Waals surface area contributed by atoms with Crippen molar-refractivity contribution in [2.45, 2.75) is 40.0 Å². The van der Waals surface area contributed by atoms with E-state index in [0.717, 1.165) is 28.9 Å². The van der Waals surface area contributed by atoms with Crippen LogP contribution >= 0.6 is 11.6 Å². The zero-order chi connectivity index (χ0) is 15.6. The molecule has 21 heavy (non-hydrogen) atoms. The van der Waals surface area contributed by atoms with Gasteiger partial charge in [-0.1, -0.05) is 42.3 Å². The second-order valence-corrected chi connectivity index (χ2v) is 5.88. The van der Waals surface area contributed by atoms with Gasteiger partial charge in [0.25, 0.3) is 0 Å². The lowest BCUT2D eigenvalue weighted by molar-refractivity contribution is -0.117. The molecule has 2 aromatic rings. The third-order valence-corrected chi connectivity index (χ3v) is 4.20. The summed E-state index contributed by atoms with van der Waals surface area (Å²) < 4.78 is 1.72. The fraction of sp³-hybridized carbons (Fsp3) is 0.412. The number of halogens is 1. The smallest absolute Gasteiger partial charge is 0.143 e. The van der Waals surface area contributed by atoms with Crippen LogP contribution in [0.25, 0.3) is 0 Å². The first kappa shape index (κ1) is 15.8. The number of carbonyl (C=O) groups is 1. The van der Waals surface area contributed by atoms with Gasteiger partial charge in [0.1, 0.15) is 5.78 Å². The molecule has 0 aliphatic heterocycles. The maximum Gasteiger partial charge on any atom is 0.143 e. The normalized spacial score (nSPS) is 10.9. The van der Waals surface area contributed by atoms with Gasteiger partial charge in [-0.3, -0.25) is 9.48 Å². The molecule has 1 heterocycles. The molecular formula is C17H21ClN2O. The van der Waals surface area contributed by atoms with Crippen molar-refractivity contribution in [1.82, 2.24) is 9.78 Å². The Balaban J connectivity index is 2.15. The number of ketones is 1. The number of nitrogens with zero attached hydrogens (tertiary/aromatic N) is 2. The van der Waals surface area contributed by atoms with Gasteiger partial charge in [-0.15, -0.1) is 0 Å². The second-order valence-electron chi connectivity index (χ2n) is 5.51. The van der Waals surface area contributed by atoms with E-state index >= 15 is 0 Å². The van der Waals surface area contributed by atoms with Crippen molar-refractivity contribution in [3.05, 3.63) is 51.3 Å². The Morgan fingerprint density at radius 1 is 1.29 bits per heavy atom. The standard InChI is InChI=1S/C17H21ClN2O/c1-5-15-17(18)16(20(4)19-15)10-14(21)9-13-8-11(2)6-7-12(13)3/h6-8H,5,9-10H2,1-4H3. The van der Waals surface area contributed by atoms with Crippen LogP contribution in [0.3, 0.4) is 0 Å². The molecule has 2 rings (SSSR count). The molecule has 0 spiro atoms. The van der Waals surface area contributed by atoms with E-state index in [-0.39, 0.29) is 5.78 Å². The first-order valence-corrected chi connectivity index (χ1v) is 7.58. The predicted molar refractivity (Wildman–Crippen MR) is 85.9 cm³/mol. The van der Waals surface area contributed by atoms with Crippen LogP contribution in [0.2, 0.25) is 5.02 Å². The summed E-state index contributed by atoms with van der Waals surface area (Å²) in [4.78, 5) is 12.3. The van der Waals surface area contributed by atoms with Gasteiger partial charge in [-0.25, -0.2) is 0 Å². The van der Waals surface area contributed by atoms with Crippen molar-refractivity contribution in [2.24, 2.45) is 7.05 Å². The molecule has 0 bridgehead atoms. The Kier molecular flexibility index (Phi) is 4.84. The van der Waals surface area contributed by atoms with E-state index in [4.69, 9.17) is 11.6 Å². The van der Waals surface area contributed by atoms with Gasteiger partial charge in [-0.05, 0) is 31.4 Å². The number of hydrogen-bond acceptors (Lipinski definition) is 2. The first-order chi connectivity index (χ1) is 9.92. The van der Waals surface area contributed by atoms with Crippen LogP contribution in [0.4, 0.5) is 0 Å². The molecule has 0 N–H and O–H groups in total. The quantitative estimate of drug-likeness (QED) is 0.846. The van der Waals surface area contributed by atoms with E-state index in [1.807, 2.05) is 27.8 Å². The highest BCUT2D eigenvalue weighted by atomic mass is 35.5. The molecule has 112 valence electrons. The third-order valence-electron chi connectivity index (χ3n) is 3.76. The van der Waals surface area contributed by atoms with E-state index < -0.39 is 0 Å². The average Bonchev–Trinajstić information content (AvgIpc) is 2.70. The minimum absolute atomic E-state index is 0.163. The number of hydrogen-bond donors (Lipinski definition) is 0. The lowest BCUT2D eigenvalue weighted by Gasteiger charge is -2.07. The van der Waals surface area contributed by atoms with Gasteiger partial charge in [0, 0.05) is 13.5 Å². The Hall–Kier alpha value is -1.61. The number of benzene rings is 1. The molecule has 0 aliphatic rings. The summed E-state index contributed by atoms with van der Waals surface area (Å²) in [5.41, 5.74) is 5.08. The summed E-state index contributed by atoms with van der Waals surface area (Å²) in [6, 6.07) is 6.20. The Morgan fingerprint density at radius 2 is 2.00 bits per heavy atom. The molecule has 0 unspecified atom stereocenters. The highest BCUT2D eigenvalue weighted by Gasteiger charge is 2.16. The van der Waals surface area contributed by atoms with Gasteiger partial charge in [0.2, 0.25) is 0 Å². The average molecular weight is 305 g/mol. The number of aryl methyl sites for hydroxylation is 4. The van der Waals surface area contributed by atoms with Crippen LogP contribution in [0, 0.1) is 13.8 Å². The minimum Gasteiger partial charge on any atom is -0.299 e. The molecular weight excluding hydrogens is 284 g/mol. The Bertz CT molecular complexity index is 674. The minimum atomic E-state index is 0.163. The number of carbonyl (C=O) groups excluding carboxylic acids is 1. The van der Waals surface area contributed by atoms with E-state index in [9.17, 15) is 4.79 Å². The largest absolute Gasteiger partial charge is 0.299 e. The van der Waals surface area contributed by atoms with Crippen LogP contribution in [0.15, 0.2) is 18.2 Å². The van der Waals surface area contributed by atoms with Gasteiger partial charge in [0.05, 0.1) is 22.8 Å². The van der Waals surface area contributed by atoms with Crippen LogP contribution in [0.5, 0.6) is 0 Å². The van der Waals surface area contributed by atoms with Crippen molar-refractivity contribution in [3.63, 3.8) is 0 Å². The van der Waals surface area contributed by atoms with E-state index in [1.165, 1.54) is 5.56 Å². The maximum atomic E-state index is 12.3. The van der Waals surface area contributed by atoms with Crippen molar-refractivity contribution in [3.8, 4) is 0 Å². The molecule has 1 aromatic carbocycles. The summed E-state index contributed by atoms with van der Waals surface area (Å²) in [7, 11) is 1.84. The molecule has 1 aromatic heterocycles. The summed E-state index contributed by atoms with van der Waals surface area (Å²) in [5.74, 6) is 0.163. The maximum absolute atomic E-state index is 12.3. The van der Waals surface area contributed by atoms with Gasteiger partial charge in [0.15, 0.2) is 0 Å². The summed E-state index contributed by atoms with van der Waals surface area (Å²) in [6.45, 7) is 6.09. The molecule has 0 saturated carbocycles. The fourth-order valence-corrected chi connectivity index (χ4v) is 2.82. The summed E-state index contributed by atoms with van der Waals surface area (Å²) in [6.07, 6.45) is 1.55. The van der Waals surface area contributed by atoms with Crippen molar-refractivity contribution < 1.29 is 4.79 Å². The SMILES string of the molecule is CCc1nn(C)c(CC(=O)Cc2cc(C)ccc2C)c1Cl. The Labute approximate surface area is 130 Å². The predicted octanol–water partition coefficient (Wildman–Crippen LogP) is 3.61. The molecule has 0 fully saturated rings. The topological polar surface area (TPSA) is 34.9 Å². The van der Waals surface area contributed by atoms with E-state index in [0.29, 0.717) is 17.9 Å². The molecule has 0 amide bonds. The number of aromatic nitrogens is 2. The van der Waals surface area contributed by atoms with Crippen LogP contribution in [0.1, 0.15) is 35.0 Å². The monoisotopic (exact) mass is 304 g/mol. The van der Waals surface area contributed by atoms with Gasteiger partial charge in [-0.2, -0.15) is 5.10 Å². The zero-order valence-electron chi connectivity index (χ0n) is 13.0.